The van der Waals surface area contributed by atoms with E-state index in [1.807, 2.05) is 0 Å². The van der Waals surface area contributed by atoms with Crippen LogP contribution in [0.3, 0.4) is 0 Å². The smallest absolute Gasteiger partial charge is 0.322 e. The first-order chi connectivity index (χ1) is 7.58. The van der Waals surface area contributed by atoms with Gasteiger partial charge in [-0.2, -0.15) is 0 Å². The van der Waals surface area contributed by atoms with Crippen molar-refractivity contribution in [1.29, 1.82) is 0 Å². The van der Waals surface area contributed by atoms with E-state index in [0.29, 0.717) is 0 Å². The van der Waals surface area contributed by atoms with Gasteiger partial charge in [0, 0.05) is 0 Å². The van der Waals surface area contributed by atoms with Crippen LogP contribution in [0.5, 0.6) is 0 Å². The van der Waals surface area contributed by atoms with Crippen molar-refractivity contribution in [2.24, 2.45) is 5.41 Å². The predicted octanol–water partition coefficient (Wildman–Crippen LogP) is 1.11. The summed E-state index contributed by atoms with van der Waals surface area (Å²) in [6.45, 7) is -0.398. The molecule has 5 heteroatoms. The summed E-state index contributed by atoms with van der Waals surface area (Å²) in [6.07, 6.45) is 0. The fourth-order valence-electron chi connectivity index (χ4n) is 1.56. The van der Waals surface area contributed by atoms with Gasteiger partial charge in [0.2, 0.25) is 0 Å². The molecule has 1 aliphatic heterocycles. The van der Waals surface area contributed by atoms with Crippen LogP contribution in [0.1, 0.15) is 10.4 Å². The summed E-state index contributed by atoms with van der Waals surface area (Å²) in [5.74, 6) is -2.71. The molecule has 1 saturated heterocycles. The molecule has 0 radical (unpaired) electrons. The Morgan fingerprint density at radius 3 is 2.38 bits per heavy atom. The van der Waals surface area contributed by atoms with Crippen LogP contribution in [0.4, 0.5) is 4.39 Å². The normalized spacial score (nSPS) is 17.6. The molecule has 0 aromatic heterocycles. The van der Waals surface area contributed by atoms with Crippen molar-refractivity contribution in [3.63, 3.8) is 0 Å². The summed E-state index contributed by atoms with van der Waals surface area (Å²) in [6, 6.07) is 5.34. The van der Waals surface area contributed by atoms with E-state index in [4.69, 9.17) is 9.84 Å². The van der Waals surface area contributed by atoms with Gasteiger partial charge in [-0.05, 0) is 12.1 Å². The summed E-state index contributed by atoms with van der Waals surface area (Å²) in [5, 5.41) is 8.98. The van der Waals surface area contributed by atoms with Crippen molar-refractivity contribution >= 4 is 11.8 Å². The molecule has 0 aliphatic carbocycles. The van der Waals surface area contributed by atoms with Crippen molar-refractivity contribution in [3.8, 4) is 0 Å². The van der Waals surface area contributed by atoms with E-state index in [9.17, 15) is 14.0 Å². The average molecular weight is 224 g/mol. The lowest BCUT2D eigenvalue weighted by Crippen LogP contribution is -2.55. The number of Topliss-reactive ketones (excluding diaryl/α,β-unsaturated/α-hetero) is 1. The van der Waals surface area contributed by atoms with Gasteiger partial charge in [0.1, 0.15) is 5.82 Å². The number of carboxylic acid groups (broad SMARTS) is 1. The fraction of sp³-hybridized carbons (Fsp3) is 0.273. The molecule has 0 atom stereocenters. The summed E-state index contributed by atoms with van der Waals surface area (Å²) in [4.78, 5) is 22.9. The van der Waals surface area contributed by atoms with E-state index in [1.54, 1.807) is 0 Å². The summed E-state index contributed by atoms with van der Waals surface area (Å²) in [7, 11) is 0. The molecular weight excluding hydrogens is 215 g/mol. The zero-order valence-corrected chi connectivity index (χ0v) is 8.27. The Balaban J connectivity index is 2.39. The molecular formula is C11H9FO4. The zero-order chi connectivity index (χ0) is 11.8. The number of hydrogen-bond donors (Lipinski definition) is 1. The fourth-order valence-corrected chi connectivity index (χ4v) is 1.56. The Hall–Kier alpha value is -1.75. The van der Waals surface area contributed by atoms with Crippen molar-refractivity contribution in [3.05, 3.63) is 35.6 Å². The third-order valence-electron chi connectivity index (χ3n) is 2.66. The second-order valence-corrected chi connectivity index (χ2v) is 3.69. The predicted molar refractivity (Wildman–Crippen MR) is 51.6 cm³/mol. The SMILES string of the molecule is O=C(O)C1(C(=O)c2ccccc2F)COC1. The molecule has 0 bridgehead atoms. The van der Waals surface area contributed by atoms with E-state index < -0.39 is 23.0 Å². The Labute approximate surface area is 90.6 Å². The van der Waals surface area contributed by atoms with Gasteiger partial charge in [0.15, 0.2) is 11.2 Å². The molecule has 2 rings (SSSR count). The highest BCUT2D eigenvalue weighted by Gasteiger charge is 2.53. The van der Waals surface area contributed by atoms with Crippen LogP contribution in [0.25, 0.3) is 0 Å². The Kier molecular flexibility index (Phi) is 2.47. The second kappa shape index (κ2) is 3.68. The third-order valence-corrected chi connectivity index (χ3v) is 2.66. The van der Waals surface area contributed by atoms with Gasteiger partial charge in [0.05, 0.1) is 18.8 Å². The third kappa shape index (κ3) is 1.40. The maximum absolute atomic E-state index is 13.3. The number of carboxylic acids is 1. The molecule has 1 heterocycles. The molecule has 84 valence electrons. The highest BCUT2D eigenvalue weighted by Crippen LogP contribution is 2.32. The maximum Gasteiger partial charge on any atom is 0.322 e. The lowest BCUT2D eigenvalue weighted by molar-refractivity contribution is -0.169. The monoisotopic (exact) mass is 224 g/mol. The average Bonchev–Trinajstić information content (AvgIpc) is 2.15. The first-order valence-corrected chi connectivity index (χ1v) is 4.68. The van der Waals surface area contributed by atoms with Crippen LogP contribution >= 0.6 is 0 Å². The Bertz CT molecular complexity index is 451. The van der Waals surface area contributed by atoms with Crippen LogP contribution in [0.2, 0.25) is 0 Å². The number of rotatable bonds is 3. The van der Waals surface area contributed by atoms with Crippen LogP contribution in [-0.2, 0) is 9.53 Å². The quantitative estimate of drug-likeness (QED) is 0.617. The number of ether oxygens (including phenoxy) is 1. The number of carbonyl (C=O) groups excluding carboxylic acids is 1. The van der Waals surface area contributed by atoms with Crippen molar-refractivity contribution in [2.75, 3.05) is 13.2 Å². The van der Waals surface area contributed by atoms with Crippen LogP contribution in [0.15, 0.2) is 24.3 Å². The van der Waals surface area contributed by atoms with E-state index in [2.05, 4.69) is 0 Å². The molecule has 0 saturated carbocycles. The van der Waals surface area contributed by atoms with Crippen LogP contribution in [0, 0.1) is 11.2 Å². The number of ketones is 1. The second-order valence-electron chi connectivity index (χ2n) is 3.69. The molecule has 16 heavy (non-hydrogen) atoms. The summed E-state index contributed by atoms with van der Waals surface area (Å²) >= 11 is 0. The summed E-state index contributed by atoms with van der Waals surface area (Å²) < 4.78 is 18.1. The molecule has 1 aromatic carbocycles. The standard InChI is InChI=1S/C11H9FO4/c12-8-4-2-1-3-7(8)9(13)11(10(14)15)5-16-6-11/h1-4H,5-6H2,(H,14,15). The Morgan fingerprint density at radius 1 is 1.31 bits per heavy atom. The van der Waals surface area contributed by atoms with E-state index >= 15 is 0 Å². The molecule has 0 amide bonds. The highest BCUT2D eigenvalue weighted by molar-refractivity contribution is 6.13. The van der Waals surface area contributed by atoms with E-state index in [-0.39, 0.29) is 18.8 Å². The van der Waals surface area contributed by atoms with Crippen LogP contribution in [-0.4, -0.2) is 30.1 Å². The number of aliphatic carboxylic acids is 1. The maximum atomic E-state index is 13.3. The lowest BCUT2D eigenvalue weighted by Gasteiger charge is -2.35. The van der Waals surface area contributed by atoms with Gasteiger partial charge < -0.3 is 9.84 Å². The molecule has 0 spiro atoms. The molecule has 4 nitrogen and oxygen atoms in total. The van der Waals surface area contributed by atoms with E-state index in [1.165, 1.54) is 18.2 Å². The lowest BCUT2D eigenvalue weighted by atomic mass is 9.78. The molecule has 1 fully saturated rings. The minimum Gasteiger partial charge on any atom is -0.480 e. The minimum atomic E-state index is -1.61. The van der Waals surface area contributed by atoms with Gasteiger partial charge in [0.25, 0.3) is 0 Å². The van der Waals surface area contributed by atoms with E-state index in [0.717, 1.165) is 6.07 Å². The van der Waals surface area contributed by atoms with Crippen molar-refractivity contribution < 1.29 is 23.8 Å². The number of carbonyl (C=O) groups is 2. The van der Waals surface area contributed by atoms with Gasteiger partial charge in [-0.3, -0.25) is 9.59 Å². The number of halogens is 1. The zero-order valence-electron chi connectivity index (χ0n) is 8.27. The van der Waals surface area contributed by atoms with Gasteiger partial charge in [-0.25, -0.2) is 4.39 Å². The highest BCUT2D eigenvalue weighted by atomic mass is 19.1. The first kappa shape index (κ1) is 10.8. The van der Waals surface area contributed by atoms with Crippen molar-refractivity contribution in [1.82, 2.24) is 0 Å². The molecule has 1 aromatic rings. The topological polar surface area (TPSA) is 63.6 Å². The molecule has 0 unspecified atom stereocenters. The first-order valence-electron chi connectivity index (χ1n) is 4.68. The molecule has 1 N–H and O–H groups in total. The van der Waals surface area contributed by atoms with Gasteiger partial charge >= 0.3 is 5.97 Å². The van der Waals surface area contributed by atoms with Gasteiger partial charge in [-0.15, -0.1) is 0 Å². The van der Waals surface area contributed by atoms with Crippen LogP contribution < -0.4 is 0 Å². The number of benzene rings is 1. The Morgan fingerprint density at radius 2 is 1.94 bits per heavy atom. The largest absolute Gasteiger partial charge is 0.480 e. The van der Waals surface area contributed by atoms with Gasteiger partial charge in [-0.1, -0.05) is 12.1 Å². The molecule has 1 aliphatic rings. The van der Waals surface area contributed by atoms with Crippen molar-refractivity contribution in [2.45, 2.75) is 0 Å². The summed E-state index contributed by atoms with van der Waals surface area (Å²) in [5.41, 5.74) is -1.81. The minimum absolute atomic E-state index is 0.199. The number of hydrogen-bond acceptors (Lipinski definition) is 3.